The number of nitrogens with zero attached hydrogens (tertiary/aromatic N) is 3. The minimum absolute atomic E-state index is 0.454. The molecule has 1 fully saturated rings. The van der Waals surface area contributed by atoms with Crippen molar-refractivity contribution in [1.82, 2.24) is 14.9 Å². The average molecular weight is 212 g/mol. The van der Waals surface area contributed by atoms with E-state index in [9.17, 15) is 0 Å². The summed E-state index contributed by atoms with van der Waals surface area (Å²) in [5, 5.41) is 0.563. The fourth-order valence-corrected chi connectivity index (χ4v) is 2.25. The molecule has 0 amide bonds. The monoisotopic (exact) mass is 211 g/mol. The van der Waals surface area contributed by atoms with Crippen molar-refractivity contribution in [1.29, 1.82) is 0 Å². The SMILES string of the molecule is CN1CCCC(c2nccnc2Cl)C1. The van der Waals surface area contributed by atoms with Crippen LogP contribution in [-0.4, -0.2) is 35.0 Å². The van der Waals surface area contributed by atoms with Crippen LogP contribution < -0.4 is 0 Å². The average Bonchev–Trinajstić information content (AvgIpc) is 2.18. The lowest BCUT2D eigenvalue weighted by Gasteiger charge is -2.29. The van der Waals surface area contributed by atoms with E-state index in [2.05, 4.69) is 21.9 Å². The van der Waals surface area contributed by atoms with Crippen LogP contribution >= 0.6 is 11.6 Å². The first-order chi connectivity index (χ1) is 6.77. The highest BCUT2D eigenvalue weighted by Crippen LogP contribution is 2.27. The van der Waals surface area contributed by atoms with Gasteiger partial charge in [0.25, 0.3) is 0 Å². The van der Waals surface area contributed by atoms with Crippen LogP contribution in [0.4, 0.5) is 0 Å². The number of piperidine rings is 1. The zero-order valence-corrected chi connectivity index (χ0v) is 9.04. The normalized spacial score (nSPS) is 23.7. The van der Waals surface area contributed by atoms with Gasteiger partial charge in [0, 0.05) is 24.9 Å². The Kier molecular flexibility index (Phi) is 2.99. The predicted octanol–water partition coefficient (Wildman–Crippen LogP) is 1.94. The summed E-state index contributed by atoms with van der Waals surface area (Å²) >= 11 is 6.01. The third-order valence-corrected chi connectivity index (χ3v) is 2.98. The van der Waals surface area contributed by atoms with E-state index in [0.29, 0.717) is 11.1 Å². The van der Waals surface area contributed by atoms with Crippen molar-refractivity contribution in [2.75, 3.05) is 20.1 Å². The molecule has 0 spiro atoms. The number of hydrogen-bond donors (Lipinski definition) is 0. The minimum Gasteiger partial charge on any atom is -0.306 e. The Morgan fingerprint density at radius 2 is 2.21 bits per heavy atom. The summed E-state index contributed by atoms with van der Waals surface area (Å²) in [6.07, 6.45) is 5.74. The van der Waals surface area contributed by atoms with Gasteiger partial charge in [-0.3, -0.25) is 4.98 Å². The second-order valence-electron chi connectivity index (χ2n) is 3.83. The summed E-state index contributed by atoms with van der Waals surface area (Å²) in [5.41, 5.74) is 0.959. The second kappa shape index (κ2) is 4.24. The number of rotatable bonds is 1. The molecule has 0 N–H and O–H groups in total. The van der Waals surface area contributed by atoms with Gasteiger partial charge in [0.1, 0.15) is 0 Å². The molecule has 4 heteroatoms. The number of likely N-dealkylation sites (tertiary alicyclic amines) is 1. The Morgan fingerprint density at radius 3 is 2.93 bits per heavy atom. The van der Waals surface area contributed by atoms with Crippen LogP contribution in [0.2, 0.25) is 5.15 Å². The zero-order valence-electron chi connectivity index (χ0n) is 8.28. The summed E-state index contributed by atoms with van der Waals surface area (Å²) in [6.45, 7) is 2.22. The summed E-state index contributed by atoms with van der Waals surface area (Å²) in [6, 6.07) is 0. The molecule has 1 unspecified atom stereocenters. The molecule has 14 heavy (non-hydrogen) atoms. The van der Waals surface area contributed by atoms with Gasteiger partial charge in [-0.1, -0.05) is 11.6 Å². The van der Waals surface area contributed by atoms with Gasteiger partial charge in [0.05, 0.1) is 5.69 Å². The van der Waals surface area contributed by atoms with E-state index < -0.39 is 0 Å². The van der Waals surface area contributed by atoms with Gasteiger partial charge in [0.2, 0.25) is 0 Å². The van der Waals surface area contributed by atoms with Crippen LogP contribution in [0.15, 0.2) is 12.4 Å². The van der Waals surface area contributed by atoms with Gasteiger partial charge in [-0.25, -0.2) is 4.98 Å². The topological polar surface area (TPSA) is 29.0 Å². The number of hydrogen-bond acceptors (Lipinski definition) is 3. The van der Waals surface area contributed by atoms with E-state index >= 15 is 0 Å². The van der Waals surface area contributed by atoms with E-state index in [1.807, 2.05) is 0 Å². The standard InChI is InChI=1S/C10H14ClN3/c1-14-6-2-3-8(7-14)9-10(11)13-5-4-12-9/h4-5,8H,2-3,6-7H2,1H3. The van der Waals surface area contributed by atoms with Crippen LogP contribution in [0.3, 0.4) is 0 Å². The molecular formula is C10H14ClN3. The molecule has 2 rings (SSSR count). The van der Waals surface area contributed by atoms with Crippen molar-refractivity contribution in [3.05, 3.63) is 23.2 Å². The fourth-order valence-electron chi connectivity index (χ4n) is 2.00. The predicted molar refractivity (Wildman–Crippen MR) is 56.5 cm³/mol. The highest BCUT2D eigenvalue weighted by atomic mass is 35.5. The van der Waals surface area contributed by atoms with E-state index in [1.165, 1.54) is 19.4 Å². The molecule has 1 aromatic heterocycles. The van der Waals surface area contributed by atoms with Crippen molar-refractivity contribution in [3.63, 3.8) is 0 Å². The molecule has 0 bridgehead atoms. The van der Waals surface area contributed by atoms with Crippen LogP contribution in [0, 0.1) is 0 Å². The molecule has 0 radical (unpaired) electrons. The van der Waals surface area contributed by atoms with Crippen LogP contribution in [0.5, 0.6) is 0 Å². The molecule has 1 atom stereocenters. The maximum atomic E-state index is 6.01. The molecule has 1 aliphatic rings. The van der Waals surface area contributed by atoms with Crippen molar-refractivity contribution in [3.8, 4) is 0 Å². The largest absolute Gasteiger partial charge is 0.306 e. The maximum absolute atomic E-state index is 6.01. The van der Waals surface area contributed by atoms with Crippen molar-refractivity contribution >= 4 is 11.6 Å². The van der Waals surface area contributed by atoms with Crippen LogP contribution in [-0.2, 0) is 0 Å². The minimum atomic E-state index is 0.454. The molecule has 76 valence electrons. The highest BCUT2D eigenvalue weighted by Gasteiger charge is 2.22. The molecule has 0 aliphatic carbocycles. The lowest BCUT2D eigenvalue weighted by atomic mass is 9.95. The van der Waals surface area contributed by atoms with Gasteiger partial charge in [-0.05, 0) is 26.4 Å². The zero-order chi connectivity index (χ0) is 9.97. The Balaban J connectivity index is 2.18. The number of likely N-dealkylation sites (N-methyl/N-ethyl adjacent to an activating group) is 1. The molecular weight excluding hydrogens is 198 g/mol. The summed E-state index contributed by atoms with van der Waals surface area (Å²) < 4.78 is 0. The Morgan fingerprint density at radius 1 is 1.43 bits per heavy atom. The van der Waals surface area contributed by atoms with Gasteiger partial charge in [0.15, 0.2) is 5.15 Å². The Hall–Kier alpha value is -0.670. The second-order valence-corrected chi connectivity index (χ2v) is 4.19. The number of aromatic nitrogens is 2. The first kappa shape index (κ1) is 9.87. The van der Waals surface area contributed by atoms with Gasteiger partial charge in [-0.15, -0.1) is 0 Å². The molecule has 1 aliphatic heterocycles. The Bertz CT molecular complexity index is 316. The lowest BCUT2D eigenvalue weighted by Crippen LogP contribution is -2.31. The molecule has 0 saturated carbocycles. The quantitative estimate of drug-likeness (QED) is 0.711. The van der Waals surface area contributed by atoms with Crippen molar-refractivity contribution in [2.45, 2.75) is 18.8 Å². The molecule has 2 heterocycles. The molecule has 1 aromatic rings. The summed E-state index contributed by atoms with van der Waals surface area (Å²) in [7, 11) is 2.14. The molecule has 1 saturated heterocycles. The van der Waals surface area contributed by atoms with Crippen molar-refractivity contribution in [2.24, 2.45) is 0 Å². The summed E-state index contributed by atoms with van der Waals surface area (Å²) in [5.74, 6) is 0.454. The van der Waals surface area contributed by atoms with Crippen LogP contribution in [0.25, 0.3) is 0 Å². The van der Waals surface area contributed by atoms with Gasteiger partial charge < -0.3 is 4.90 Å². The molecule has 3 nitrogen and oxygen atoms in total. The van der Waals surface area contributed by atoms with Gasteiger partial charge >= 0.3 is 0 Å². The van der Waals surface area contributed by atoms with E-state index in [-0.39, 0.29) is 0 Å². The third-order valence-electron chi connectivity index (χ3n) is 2.69. The Labute approximate surface area is 89.1 Å². The third kappa shape index (κ3) is 2.04. The molecule has 0 aromatic carbocycles. The number of halogens is 1. The van der Waals surface area contributed by atoms with Crippen molar-refractivity contribution < 1.29 is 0 Å². The smallest absolute Gasteiger partial charge is 0.150 e. The first-order valence-electron chi connectivity index (χ1n) is 4.92. The first-order valence-corrected chi connectivity index (χ1v) is 5.30. The van der Waals surface area contributed by atoms with E-state index in [0.717, 1.165) is 12.2 Å². The highest BCUT2D eigenvalue weighted by molar-refractivity contribution is 6.30. The van der Waals surface area contributed by atoms with E-state index in [1.54, 1.807) is 12.4 Å². The van der Waals surface area contributed by atoms with E-state index in [4.69, 9.17) is 11.6 Å². The van der Waals surface area contributed by atoms with Crippen LogP contribution in [0.1, 0.15) is 24.5 Å². The lowest BCUT2D eigenvalue weighted by molar-refractivity contribution is 0.248. The van der Waals surface area contributed by atoms with Gasteiger partial charge in [-0.2, -0.15) is 0 Å². The summed E-state index contributed by atoms with van der Waals surface area (Å²) in [4.78, 5) is 10.7. The maximum Gasteiger partial charge on any atom is 0.150 e. The fraction of sp³-hybridized carbons (Fsp3) is 0.600.